The zero-order chi connectivity index (χ0) is 15.2. The van der Waals surface area contributed by atoms with Crippen LogP contribution >= 0.6 is 11.3 Å². The van der Waals surface area contributed by atoms with Gasteiger partial charge in [0.25, 0.3) is 0 Å². The summed E-state index contributed by atoms with van der Waals surface area (Å²) in [6.45, 7) is 4.23. The highest BCUT2D eigenvalue weighted by Gasteiger charge is 2.20. The standard InChI is InChI=1S/C17H22N2OS/c1-12(2)17(15-9-6-10-21-15)19-16(20)11-14(18)13-7-4-3-5-8-13/h3-10,12,14,17H,11,18H2,1-2H3,(H,19,20)/t14-,17-/m0/s1. The van der Waals surface area contributed by atoms with Gasteiger partial charge in [0.05, 0.1) is 6.04 Å². The predicted molar refractivity (Wildman–Crippen MR) is 88.0 cm³/mol. The normalized spacial score (nSPS) is 13.9. The predicted octanol–water partition coefficient (Wildman–Crippen LogP) is 3.65. The Morgan fingerprint density at radius 1 is 1.19 bits per heavy atom. The largest absolute Gasteiger partial charge is 0.348 e. The summed E-state index contributed by atoms with van der Waals surface area (Å²) in [4.78, 5) is 13.4. The zero-order valence-corrected chi connectivity index (χ0v) is 13.3. The Hall–Kier alpha value is -1.65. The maximum atomic E-state index is 12.3. The molecule has 3 N–H and O–H groups in total. The smallest absolute Gasteiger partial charge is 0.222 e. The molecule has 0 fully saturated rings. The van der Waals surface area contributed by atoms with Crippen molar-refractivity contribution in [3.05, 3.63) is 58.3 Å². The second kappa shape index (κ2) is 7.38. The third-order valence-electron chi connectivity index (χ3n) is 3.47. The molecule has 112 valence electrons. The van der Waals surface area contributed by atoms with Crippen molar-refractivity contribution in [3.63, 3.8) is 0 Å². The Kier molecular flexibility index (Phi) is 5.53. The number of nitrogens with two attached hydrogens (primary N) is 1. The van der Waals surface area contributed by atoms with E-state index in [1.165, 1.54) is 4.88 Å². The molecule has 1 heterocycles. The fraction of sp³-hybridized carbons (Fsp3) is 0.353. The van der Waals surface area contributed by atoms with E-state index >= 15 is 0 Å². The molecule has 2 atom stereocenters. The molecule has 0 bridgehead atoms. The topological polar surface area (TPSA) is 55.1 Å². The molecule has 1 amide bonds. The Morgan fingerprint density at radius 2 is 1.90 bits per heavy atom. The third kappa shape index (κ3) is 4.41. The number of amides is 1. The molecule has 1 aromatic heterocycles. The van der Waals surface area contributed by atoms with E-state index in [-0.39, 0.29) is 18.0 Å². The Bertz CT molecular complexity index is 551. The molecular formula is C17H22N2OS. The van der Waals surface area contributed by atoms with Gasteiger partial charge in [-0.1, -0.05) is 50.2 Å². The molecule has 4 heteroatoms. The molecule has 0 spiro atoms. The molecule has 2 rings (SSSR count). The van der Waals surface area contributed by atoms with Crippen LogP contribution in [0.2, 0.25) is 0 Å². The van der Waals surface area contributed by atoms with Crippen LogP contribution in [0.4, 0.5) is 0 Å². The minimum atomic E-state index is -0.262. The second-order valence-electron chi connectivity index (χ2n) is 5.53. The van der Waals surface area contributed by atoms with Gasteiger partial charge in [-0.3, -0.25) is 4.79 Å². The van der Waals surface area contributed by atoms with Gasteiger partial charge in [-0.25, -0.2) is 0 Å². The van der Waals surface area contributed by atoms with E-state index in [4.69, 9.17) is 5.73 Å². The Balaban J connectivity index is 1.97. The van der Waals surface area contributed by atoms with Gasteiger partial charge in [0.15, 0.2) is 0 Å². The quantitative estimate of drug-likeness (QED) is 0.855. The SMILES string of the molecule is CC(C)[C@H](NC(=O)C[C@H](N)c1ccccc1)c1cccs1. The molecule has 0 unspecified atom stereocenters. The van der Waals surface area contributed by atoms with Crippen LogP contribution in [0, 0.1) is 5.92 Å². The van der Waals surface area contributed by atoms with E-state index in [0.717, 1.165) is 5.56 Å². The average molecular weight is 302 g/mol. The number of thiophene rings is 1. The van der Waals surface area contributed by atoms with E-state index < -0.39 is 0 Å². The van der Waals surface area contributed by atoms with E-state index in [2.05, 4.69) is 25.2 Å². The van der Waals surface area contributed by atoms with E-state index in [0.29, 0.717) is 12.3 Å². The van der Waals surface area contributed by atoms with Crippen LogP contribution in [0.15, 0.2) is 47.8 Å². The van der Waals surface area contributed by atoms with Crippen molar-refractivity contribution in [1.82, 2.24) is 5.32 Å². The number of carbonyl (C=O) groups excluding carboxylic acids is 1. The van der Waals surface area contributed by atoms with Gasteiger partial charge in [-0.05, 0) is 22.9 Å². The van der Waals surface area contributed by atoms with Gasteiger partial charge in [-0.2, -0.15) is 0 Å². The number of carbonyl (C=O) groups is 1. The van der Waals surface area contributed by atoms with Crippen LogP contribution in [0.3, 0.4) is 0 Å². The lowest BCUT2D eigenvalue weighted by Crippen LogP contribution is -2.33. The van der Waals surface area contributed by atoms with Crippen molar-refractivity contribution in [3.8, 4) is 0 Å². The van der Waals surface area contributed by atoms with Crippen molar-refractivity contribution in [2.45, 2.75) is 32.4 Å². The molecule has 0 radical (unpaired) electrons. The molecule has 0 aliphatic carbocycles. The first kappa shape index (κ1) is 15.7. The van der Waals surface area contributed by atoms with Crippen LogP contribution < -0.4 is 11.1 Å². The summed E-state index contributed by atoms with van der Waals surface area (Å²) < 4.78 is 0. The summed E-state index contributed by atoms with van der Waals surface area (Å²) in [5, 5.41) is 5.15. The first-order chi connectivity index (χ1) is 10.1. The molecule has 21 heavy (non-hydrogen) atoms. The van der Waals surface area contributed by atoms with Crippen molar-refractivity contribution < 1.29 is 4.79 Å². The monoisotopic (exact) mass is 302 g/mol. The Morgan fingerprint density at radius 3 is 2.48 bits per heavy atom. The average Bonchev–Trinajstić information content (AvgIpc) is 2.99. The third-order valence-corrected chi connectivity index (χ3v) is 4.42. The number of hydrogen-bond donors (Lipinski definition) is 2. The van der Waals surface area contributed by atoms with Gasteiger partial charge >= 0.3 is 0 Å². The van der Waals surface area contributed by atoms with Gasteiger partial charge in [-0.15, -0.1) is 11.3 Å². The highest BCUT2D eigenvalue weighted by molar-refractivity contribution is 7.10. The van der Waals surface area contributed by atoms with Crippen LogP contribution in [0.1, 0.15) is 42.8 Å². The van der Waals surface area contributed by atoms with Gasteiger partial charge in [0.2, 0.25) is 5.91 Å². The fourth-order valence-corrected chi connectivity index (χ4v) is 3.23. The minimum absolute atomic E-state index is 0.00143. The summed E-state index contributed by atoms with van der Waals surface area (Å²) in [5.41, 5.74) is 7.10. The lowest BCUT2D eigenvalue weighted by molar-refractivity contribution is -0.122. The van der Waals surface area contributed by atoms with E-state index in [9.17, 15) is 4.79 Å². The van der Waals surface area contributed by atoms with Crippen molar-refractivity contribution in [2.24, 2.45) is 11.7 Å². The van der Waals surface area contributed by atoms with Crippen LogP contribution in [0.5, 0.6) is 0 Å². The molecule has 0 aliphatic rings. The molecule has 1 aromatic carbocycles. The number of benzene rings is 1. The maximum absolute atomic E-state index is 12.3. The first-order valence-electron chi connectivity index (χ1n) is 7.21. The molecular weight excluding hydrogens is 280 g/mol. The molecule has 2 aromatic rings. The minimum Gasteiger partial charge on any atom is -0.348 e. The molecule has 0 aliphatic heterocycles. The van der Waals surface area contributed by atoms with Crippen LogP contribution in [0.25, 0.3) is 0 Å². The number of hydrogen-bond acceptors (Lipinski definition) is 3. The highest BCUT2D eigenvalue weighted by atomic mass is 32.1. The van der Waals surface area contributed by atoms with Gasteiger partial charge in [0, 0.05) is 17.3 Å². The molecule has 0 saturated carbocycles. The van der Waals surface area contributed by atoms with Crippen LogP contribution in [-0.2, 0) is 4.79 Å². The summed E-state index contributed by atoms with van der Waals surface area (Å²) in [5.74, 6) is 0.346. The first-order valence-corrected chi connectivity index (χ1v) is 8.09. The number of nitrogens with one attached hydrogen (secondary N) is 1. The fourth-order valence-electron chi connectivity index (χ4n) is 2.28. The summed E-state index contributed by atoms with van der Waals surface area (Å²) >= 11 is 1.67. The van der Waals surface area contributed by atoms with Crippen LogP contribution in [-0.4, -0.2) is 5.91 Å². The van der Waals surface area contributed by atoms with Crippen molar-refractivity contribution >= 4 is 17.2 Å². The lowest BCUT2D eigenvalue weighted by Gasteiger charge is -2.22. The number of rotatable bonds is 6. The highest BCUT2D eigenvalue weighted by Crippen LogP contribution is 2.26. The molecule has 0 saturated heterocycles. The van der Waals surface area contributed by atoms with Crippen molar-refractivity contribution in [2.75, 3.05) is 0 Å². The van der Waals surface area contributed by atoms with E-state index in [1.807, 2.05) is 41.8 Å². The molecule has 3 nitrogen and oxygen atoms in total. The zero-order valence-electron chi connectivity index (χ0n) is 12.5. The second-order valence-corrected chi connectivity index (χ2v) is 6.51. The van der Waals surface area contributed by atoms with Gasteiger partial charge in [0.1, 0.15) is 0 Å². The van der Waals surface area contributed by atoms with Crippen molar-refractivity contribution in [1.29, 1.82) is 0 Å². The van der Waals surface area contributed by atoms with Gasteiger partial charge < -0.3 is 11.1 Å². The maximum Gasteiger partial charge on any atom is 0.222 e. The summed E-state index contributed by atoms with van der Waals surface area (Å²) in [6.07, 6.45) is 0.304. The Labute approximate surface area is 130 Å². The summed E-state index contributed by atoms with van der Waals surface area (Å²) in [7, 11) is 0. The van der Waals surface area contributed by atoms with E-state index in [1.54, 1.807) is 11.3 Å². The summed E-state index contributed by atoms with van der Waals surface area (Å²) in [6, 6.07) is 13.6. The lowest BCUT2D eigenvalue weighted by atomic mass is 10.0.